The highest BCUT2D eigenvalue weighted by molar-refractivity contribution is 9.11. The minimum absolute atomic E-state index is 0.311. The first kappa shape index (κ1) is 11.1. The average Bonchev–Trinajstić information content (AvgIpc) is 1.96. The van der Waals surface area contributed by atoms with Crippen LogP contribution in [0.4, 0.5) is 0 Å². The maximum Gasteiger partial charge on any atom is 0.0431 e. The van der Waals surface area contributed by atoms with Gasteiger partial charge in [-0.1, -0.05) is 22.5 Å². The van der Waals surface area contributed by atoms with E-state index >= 15 is 0 Å². The molecule has 0 spiro atoms. The number of nitrogens with one attached hydrogen (secondary N) is 1. The molecule has 0 aromatic heterocycles. The third-order valence-corrected chi connectivity index (χ3v) is 1.61. The van der Waals surface area contributed by atoms with Gasteiger partial charge in [-0.15, -0.1) is 0 Å². The molecule has 0 saturated heterocycles. The topological polar surface area (TPSA) is 32.3 Å². The molecule has 0 atom stereocenters. The summed E-state index contributed by atoms with van der Waals surface area (Å²) < 4.78 is 0.986. The molecule has 0 fully saturated rings. The molecule has 2 N–H and O–H groups in total. The van der Waals surface area contributed by atoms with Crippen LogP contribution in [0.15, 0.2) is 11.1 Å². The second-order valence-corrected chi connectivity index (χ2v) is 3.60. The number of unbranched alkanes of at least 4 members (excludes halogenated alkanes) is 2. The quantitative estimate of drug-likeness (QED) is 0.642. The van der Waals surface area contributed by atoms with Gasteiger partial charge in [0.1, 0.15) is 0 Å². The van der Waals surface area contributed by atoms with Crippen LogP contribution in [0.5, 0.6) is 0 Å². The summed E-state index contributed by atoms with van der Waals surface area (Å²) in [6, 6.07) is 0. The zero-order chi connectivity index (χ0) is 8.53. The molecule has 0 amide bonds. The average molecular weight is 222 g/mol. The van der Waals surface area contributed by atoms with Crippen molar-refractivity contribution < 1.29 is 5.11 Å². The molecule has 0 aliphatic heterocycles. The van der Waals surface area contributed by atoms with Crippen molar-refractivity contribution in [2.24, 2.45) is 0 Å². The van der Waals surface area contributed by atoms with E-state index in [-0.39, 0.29) is 0 Å². The van der Waals surface area contributed by atoms with E-state index in [0.29, 0.717) is 6.61 Å². The van der Waals surface area contributed by atoms with Crippen molar-refractivity contribution in [3.8, 4) is 0 Å². The van der Waals surface area contributed by atoms with Crippen LogP contribution in [-0.4, -0.2) is 24.8 Å². The molecular formula is C8H16BrNO. The van der Waals surface area contributed by atoms with Crippen LogP contribution < -0.4 is 5.32 Å². The third kappa shape index (κ3) is 10.1. The molecule has 0 radical (unpaired) electrons. The first-order valence-corrected chi connectivity index (χ1v) is 4.71. The smallest absolute Gasteiger partial charge is 0.0431 e. The summed E-state index contributed by atoms with van der Waals surface area (Å²) in [6.45, 7) is 5.85. The molecule has 0 aromatic carbocycles. The SMILES string of the molecule is C=C(Br)CNCCCCCO. The van der Waals surface area contributed by atoms with Crippen molar-refractivity contribution in [2.45, 2.75) is 19.3 Å². The van der Waals surface area contributed by atoms with Gasteiger partial charge in [0.2, 0.25) is 0 Å². The molecule has 2 nitrogen and oxygen atoms in total. The monoisotopic (exact) mass is 221 g/mol. The molecule has 0 rings (SSSR count). The minimum Gasteiger partial charge on any atom is -0.396 e. The normalized spacial score (nSPS) is 10.0. The van der Waals surface area contributed by atoms with Gasteiger partial charge in [-0.3, -0.25) is 0 Å². The van der Waals surface area contributed by atoms with Crippen LogP contribution in [0.3, 0.4) is 0 Å². The fourth-order valence-electron chi connectivity index (χ4n) is 0.763. The first-order valence-electron chi connectivity index (χ1n) is 3.92. The summed E-state index contributed by atoms with van der Waals surface area (Å²) in [5.74, 6) is 0. The van der Waals surface area contributed by atoms with Gasteiger partial charge in [0, 0.05) is 17.6 Å². The van der Waals surface area contributed by atoms with Gasteiger partial charge in [-0.25, -0.2) is 0 Å². The molecule has 0 aliphatic rings. The molecule has 66 valence electrons. The summed E-state index contributed by atoms with van der Waals surface area (Å²) >= 11 is 3.26. The highest BCUT2D eigenvalue weighted by atomic mass is 79.9. The molecule has 0 aliphatic carbocycles. The minimum atomic E-state index is 0.311. The number of hydrogen-bond donors (Lipinski definition) is 2. The van der Waals surface area contributed by atoms with Crippen LogP contribution >= 0.6 is 15.9 Å². The fourth-order valence-corrected chi connectivity index (χ4v) is 0.961. The highest BCUT2D eigenvalue weighted by Gasteiger charge is 1.88. The Labute approximate surface area is 76.8 Å². The van der Waals surface area contributed by atoms with E-state index in [9.17, 15) is 0 Å². The molecule has 11 heavy (non-hydrogen) atoms. The number of aliphatic hydroxyl groups is 1. The van der Waals surface area contributed by atoms with Crippen molar-refractivity contribution in [1.82, 2.24) is 5.32 Å². The first-order chi connectivity index (χ1) is 5.27. The van der Waals surface area contributed by atoms with E-state index in [1.165, 1.54) is 0 Å². The van der Waals surface area contributed by atoms with Crippen molar-refractivity contribution in [2.75, 3.05) is 19.7 Å². The summed E-state index contributed by atoms with van der Waals surface area (Å²) in [5.41, 5.74) is 0. The lowest BCUT2D eigenvalue weighted by atomic mass is 10.2. The highest BCUT2D eigenvalue weighted by Crippen LogP contribution is 1.97. The summed E-state index contributed by atoms with van der Waals surface area (Å²) in [6.07, 6.45) is 3.13. The lowest BCUT2D eigenvalue weighted by molar-refractivity contribution is 0.283. The summed E-state index contributed by atoms with van der Waals surface area (Å²) in [4.78, 5) is 0. The van der Waals surface area contributed by atoms with Crippen LogP contribution in [0.25, 0.3) is 0 Å². The van der Waals surface area contributed by atoms with Crippen molar-refractivity contribution in [3.63, 3.8) is 0 Å². The number of rotatable bonds is 7. The molecule has 0 aromatic rings. The maximum atomic E-state index is 8.47. The molecule has 0 saturated carbocycles. The van der Waals surface area contributed by atoms with Gasteiger partial charge in [-0.05, 0) is 25.8 Å². The Bertz CT molecular complexity index is 106. The van der Waals surface area contributed by atoms with E-state index in [2.05, 4.69) is 27.8 Å². The molecule has 0 bridgehead atoms. The van der Waals surface area contributed by atoms with E-state index < -0.39 is 0 Å². The Morgan fingerprint density at radius 1 is 1.36 bits per heavy atom. The van der Waals surface area contributed by atoms with Crippen molar-refractivity contribution >= 4 is 15.9 Å². The molecule has 0 unspecified atom stereocenters. The number of halogens is 1. The van der Waals surface area contributed by atoms with Crippen LogP contribution in [-0.2, 0) is 0 Å². The predicted octanol–water partition coefficient (Wildman–Crippen LogP) is 1.65. The van der Waals surface area contributed by atoms with E-state index in [1.807, 2.05) is 0 Å². The lowest BCUT2D eigenvalue weighted by Gasteiger charge is -2.01. The largest absolute Gasteiger partial charge is 0.396 e. The Balaban J connectivity index is 2.85. The van der Waals surface area contributed by atoms with Crippen LogP contribution in [0, 0.1) is 0 Å². The zero-order valence-electron chi connectivity index (χ0n) is 6.77. The van der Waals surface area contributed by atoms with Gasteiger partial charge in [0.05, 0.1) is 0 Å². The lowest BCUT2D eigenvalue weighted by Crippen LogP contribution is -2.16. The van der Waals surface area contributed by atoms with Gasteiger partial charge in [-0.2, -0.15) is 0 Å². The fraction of sp³-hybridized carbons (Fsp3) is 0.750. The molecular weight excluding hydrogens is 206 g/mol. The summed E-state index contributed by atoms with van der Waals surface area (Å²) in [5, 5.41) is 11.7. The predicted molar refractivity (Wildman–Crippen MR) is 51.9 cm³/mol. The van der Waals surface area contributed by atoms with Crippen LogP contribution in [0.1, 0.15) is 19.3 Å². The second-order valence-electron chi connectivity index (χ2n) is 2.48. The van der Waals surface area contributed by atoms with Gasteiger partial charge < -0.3 is 10.4 Å². The van der Waals surface area contributed by atoms with Crippen molar-refractivity contribution in [1.29, 1.82) is 0 Å². The van der Waals surface area contributed by atoms with Crippen LogP contribution in [0.2, 0.25) is 0 Å². The second kappa shape index (κ2) is 8.24. The maximum absolute atomic E-state index is 8.47. The Morgan fingerprint density at radius 2 is 2.09 bits per heavy atom. The van der Waals surface area contributed by atoms with Gasteiger partial charge >= 0.3 is 0 Å². The zero-order valence-corrected chi connectivity index (χ0v) is 8.36. The number of hydrogen-bond acceptors (Lipinski definition) is 2. The standard InChI is InChI=1S/C8H16BrNO/c1-8(9)7-10-5-3-2-4-6-11/h10-11H,1-7H2. The van der Waals surface area contributed by atoms with Gasteiger partial charge in [0.25, 0.3) is 0 Å². The molecule has 3 heteroatoms. The van der Waals surface area contributed by atoms with E-state index in [1.54, 1.807) is 0 Å². The Hall–Kier alpha value is 0.140. The Kier molecular flexibility index (Phi) is 8.34. The molecule has 0 heterocycles. The van der Waals surface area contributed by atoms with E-state index in [0.717, 1.165) is 36.8 Å². The Morgan fingerprint density at radius 3 is 2.64 bits per heavy atom. The van der Waals surface area contributed by atoms with Crippen molar-refractivity contribution in [3.05, 3.63) is 11.1 Å². The van der Waals surface area contributed by atoms with Gasteiger partial charge in [0.15, 0.2) is 0 Å². The summed E-state index contributed by atoms with van der Waals surface area (Å²) in [7, 11) is 0. The third-order valence-electron chi connectivity index (χ3n) is 1.33. The number of aliphatic hydroxyl groups excluding tert-OH is 1. The van der Waals surface area contributed by atoms with E-state index in [4.69, 9.17) is 5.11 Å².